The number of aromatic nitrogens is 2. The number of aryl methyl sites for hydroxylation is 1. The molecule has 0 radical (unpaired) electrons. The first-order valence-corrected chi connectivity index (χ1v) is 11.6. The summed E-state index contributed by atoms with van der Waals surface area (Å²) >= 11 is 1.15. The maximum atomic E-state index is 12.3. The minimum Gasteiger partial charge on any atom is -0.485 e. The van der Waals surface area contributed by atoms with Crippen molar-refractivity contribution >= 4 is 23.4 Å². The summed E-state index contributed by atoms with van der Waals surface area (Å²) in [6, 6.07) is 22.4. The number of ether oxygens (including phenoxy) is 3. The summed E-state index contributed by atoms with van der Waals surface area (Å²) in [7, 11) is 0. The van der Waals surface area contributed by atoms with E-state index in [4.69, 9.17) is 18.6 Å². The van der Waals surface area contributed by atoms with Crippen LogP contribution in [0.2, 0.25) is 0 Å². The molecule has 1 atom stereocenters. The normalized spacial score (nSPS) is 14.4. The molecule has 1 aliphatic rings. The third-order valence-electron chi connectivity index (χ3n) is 4.93. The molecular formula is C25H21N3O5S. The lowest BCUT2D eigenvalue weighted by Gasteiger charge is -2.23. The summed E-state index contributed by atoms with van der Waals surface area (Å²) in [5, 5.41) is 11.2. The molecule has 34 heavy (non-hydrogen) atoms. The van der Waals surface area contributed by atoms with Crippen molar-refractivity contribution in [2.24, 2.45) is 0 Å². The number of amides is 1. The maximum Gasteiger partial charge on any atom is 0.277 e. The number of hydrogen-bond acceptors (Lipinski definition) is 8. The number of fused-ring (bicyclic) bond motifs is 1. The van der Waals surface area contributed by atoms with Gasteiger partial charge in [0.25, 0.3) is 11.1 Å². The van der Waals surface area contributed by atoms with Crippen LogP contribution in [0.1, 0.15) is 17.6 Å². The molecule has 0 bridgehead atoms. The SMILES string of the molecule is Cc1ccc(Oc2ccc(NC(=O)CSc3nnc(C4COc5ccccc5O4)o3)cc2)cc1. The highest BCUT2D eigenvalue weighted by Gasteiger charge is 2.27. The number of benzene rings is 3. The number of anilines is 1. The number of carbonyl (C=O) groups is 1. The van der Waals surface area contributed by atoms with E-state index in [9.17, 15) is 4.79 Å². The number of thioether (sulfide) groups is 1. The average Bonchev–Trinajstić information content (AvgIpc) is 3.34. The van der Waals surface area contributed by atoms with E-state index in [1.807, 2.05) is 55.5 Å². The van der Waals surface area contributed by atoms with Crippen molar-refractivity contribution in [2.45, 2.75) is 18.3 Å². The predicted octanol–water partition coefficient (Wildman–Crippen LogP) is 5.41. The van der Waals surface area contributed by atoms with Crippen LogP contribution < -0.4 is 19.5 Å². The van der Waals surface area contributed by atoms with Gasteiger partial charge in [0.15, 0.2) is 11.5 Å². The van der Waals surface area contributed by atoms with Crippen molar-refractivity contribution in [2.75, 3.05) is 17.7 Å². The summed E-state index contributed by atoms with van der Waals surface area (Å²) in [6.07, 6.45) is -0.494. The zero-order chi connectivity index (χ0) is 23.3. The maximum absolute atomic E-state index is 12.3. The highest BCUT2D eigenvalue weighted by molar-refractivity contribution is 7.99. The quantitative estimate of drug-likeness (QED) is 0.354. The summed E-state index contributed by atoms with van der Waals surface area (Å²) in [6.45, 7) is 2.30. The highest BCUT2D eigenvalue weighted by atomic mass is 32.2. The van der Waals surface area contributed by atoms with Gasteiger partial charge in [-0.1, -0.05) is 41.6 Å². The Morgan fingerprint density at radius 3 is 2.47 bits per heavy atom. The molecule has 3 aromatic carbocycles. The first kappa shape index (κ1) is 21.8. The van der Waals surface area contributed by atoms with Crippen molar-refractivity contribution in [3.05, 3.63) is 84.3 Å². The molecule has 5 rings (SSSR count). The molecule has 0 saturated heterocycles. The van der Waals surface area contributed by atoms with E-state index < -0.39 is 6.10 Å². The second-order valence-electron chi connectivity index (χ2n) is 7.55. The second-order valence-corrected chi connectivity index (χ2v) is 8.47. The Kier molecular flexibility index (Phi) is 6.35. The van der Waals surface area contributed by atoms with Crippen LogP contribution in [0.5, 0.6) is 23.0 Å². The van der Waals surface area contributed by atoms with Crippen LogP contribution in [-0.2, 0) is 4.79 Å². The third kappa shape index (κ3) is 5.32. The van der Waals surface area contributed by atoms with Crippen LogP contribution in [0.15, 0.2) is 82.4 Å². The van der Waals surface area contributed by atoms with Gasteiger partial charge < -0.3 is 23.9 Å². The Labute approximate surface area is 200 Å². The predicted molar refractivity (Wildman–Crippen MR) is 127 cm³/mol. The Morgan fingerprint density at radius 2 is 1.71 bits per heavy atom. The molecule has 1 unspecified atom stereocenters. The lowest BCUT2D eigenvalue weighted by molar-refractivity contribution is -0.113. The third-order valence-corrected chi connectivity index (χ3v) is 5.75. The fraction of sp³-hybridized carbons (Fsp3) is 0.160. The second kappa shape index (κ2) is 9.88. The van der Waals surface area contributed by atoms with Gasteiger partial charge in [0.2, 0.25) is 12.0 Å². The number of hydrogen-bond donors (Lipinski definition) is 1. The molecule has 8 nitrogen and oxygen atoms in total. The van der Waals surface area contributed by atoms with Gasteiger partial charge in [0, 0.05) is 5.69 Å². The van der Waals surface area contributed by atoms with E-state index in [1.165, 1.54) is 5.56 Å². The highest BCUT2D eigenvalue weighted by Crippen LogP contribution is 2.36. The Bertz CT molecular complexity index is 1270. The average molecular weight is 476 g/mol. The van der Waals surface area contributed by atoms with Gasteiger partial charge in [-0.3, -0.25) is 4.79 Å². The van der Waals surface area contributed by atoms with Crippen molar-refractivity contribution in [1.82, 2.24) is 10.2 Å². The van der Waals surface area contributed by atoms with Gasteiger partial charge >= 0.3 is 0 Å². The molecule has 9 heteroatoms. The molecule has 0 spiro atoms. The zero-order valence-corrected chi connectivity index (χ0v) is 19.1. The number of nitrogens with zero attached hydrogens (tertiary/aromatic N) is 2. The number of nitrogens with one attached hydrogen (secondary N) is 1. The topological polar surface area (TPSA) is 95.7 Å². The number of para-hydroxylation sites is 2. The van der Waals surface area contributed by atoms with E-state index in [-0.39, 0.29) is 23.5 Å². The van der Waals surface area contributed by atoms with Gasteiger partial charge in [-0.25, -0.2) is 0 Å². The van der Waals surface area contributed by atoms with Gasteiger partial charge in [-0.2, -0.15) is 0 Å². The minimum atomic E-state index is -0.494. The van der Waals surface area contributed by atoms with Crippen molar-refractivity contribution < 1.29 is 23.4 Å². The molecule has 0 aliphatic carbocycles. The Hall–Kier alpha value is -3.98. The van der Waals surface area contributed by atoms with Crippen molar-refractivity contribution in [1.29, 1.82) is 0 Å². The molecule has 1 amide bonds. The van der Waals surface area contributed by atoms with Crippen molar-refractivity contribution in [3.63, 3.8) is 0 Å². The van der Waals surface area contributed by atoms with Gasteiger partial charge in [0.1, 0.15) is 18.1 Å². The summed E-state index contributed by atoms with van der Waals surface area (Å²) in [5.74, 6) is 2.98. The summed E-state index contributed by atoms with van der Waals surface area (Å²) in [4.78, 5) is 12.3. The van der Waals surface area contributed by atoms with Crippen LogP contribution >= 0.6 is 11.8 Å². The summed E-state index contributed by atoms with van der Waals surface area (Å²) in [5.41, 5.74) is 1.83. The molecule has 0 saturated carbocycles. The fourth-order valence-electron chi connectivity index (χ4n) is 3.22. The van der Waals surface area contributed by atoms with Crippen LogP contribution in [0.3, 0.4) is 0 Å². The molecule has 1 aromatic heterocycles. The minimum absolute atomic E-state index is 0.119. The van der Waals surface area contributed by atoms with E-state index in [1.54, 1.807) is 24.3 Å². The molecule has 2 heterocycles. The van der Waals surface area contributed by atoms with E-state index >= 15 is 0 Å². The monoisotopic (exact) mass is 475 g/mol. The first-order valence-electron chi connectivity index (χ1n) is 10.6. The molecular weight excluding hydrogens is 454 g/mol. The smallest absolute Gasteiger partial charge is 0.277 e. The molecule has 0 fully saturated rings. The fourth-order valence-corrected chi connectivity index (χ4v) is 3.79. The molecule has 172 valence electrons. The van der Waals surface area contributed by atoms with Crippen LogP contribution in [-0.4, -0.2) is 28.5 Å². The number of carbonyl (C=O) groups excluding carboxylic acids is 1. The van der Waals surface area contributed by atoms with E-state index in [0.717, 1.165) is 17.5 Å². The van der Waals surface area contributed by atoms with Crippen LogP contribution in [0, 0.1) is 6.92 Å². The van der Waals surface area contributed by atoms with E-state index in [0.29, 0.717) is 28.8 Å². The lowest BCUT2D eigenvalue weighted by Crippen LogP contribution is -2.21. The Balaban J connectivity index is 1.11. The summed E-state index contributed by atoms with van der Waals surface area (Å²) < 4.78 is 23.0. The molecule has 1 N–H and O–H groups in total. The standard InChI is InChI=1S/C25H21N3O5S/c1-16-6-10-18(11-7-16)31-19-12-8-17(9-13-19)26-23(29)15-34-25-28-27-24(33-25)22-14-30-20-4-2-3-5-21(20)32-22/h2-13,22H,14-15H2,1H3,(H,26,29). The Morgan fingerprint density at radius 1 is 1.00 bits per heavy atom. The van der Waals surface area contributed by atoms with Gasteiger partial charge in [0.05, 0.1) is 5.75 Å². The first-order chi connectivity index (χ1) is 16.6. The van der Waals surface area contributed by atoms with Crippen molar-refractivity contribution in [3.8, 4) is 23.0 Å². The molecule has 4 aromatic rings. The molecule has 1 aliphatic heterocycles. The zero-order valence-electron chi connectivity index (χ0n) is 18.3. The van der Waals surface area contributed by atoms with Gasteiger partial charge in [-0.15, -0.1) is 10.2 Å². The van der Waals surface area contributed by atoms with Crippen LogP contribution in [0.25, 0.3) is 0 Å². The lowest BCUT2D eigenvalue weighted by atomic mass is 10.2. The number of rotatable bonds is 7. The van der Waals surface area contributed by atoms with Gasteiger partial charge in [-0.05, 0) is 55.5 Å². The van der Waals surface area contributed by atoms with Crippen LogP contribution in [0.4, 0.5) is 5.69 Å². The van der Waals surface area contributed by atoms with E-state index in [2.05, 4.69) is 15.5 Å². The largest absolute Gasteiger partial charge is 0.485 e.